The summed E-state index contributed by atoms with van der Waals surface area (Å²) in [6.07, 6.45) is 0.978. The predicted octanol–water partition coefficient (Wildman–Crippen LogP) is 4.60. The number of carbonyl (C=O) groups excluding carboxylic acids is 1. The summed E-state index contributed by atoms with van der Waals surface area (Å²) >= 11 is 0. The highest BCUT2D eigenvalue weighted by Crippen LogP contribution is 2.55. The summed E-state index contributed by atoms with van der Waals surface area (Å²) in [4.78, 5) is 12.7. The highest BCUT2D eigenvalue weighted by molar-refractivity contribution is 5.75. The van der Waals surface area contributed by atoms with Gasteiger partial charge in [-0.3, -0.25) is 4.79 Å². The maximum atomic E-state index is 12.7. The average Bonchev–Trinajstić information content (AvgIpc) is 3.64. The van der Waals surface area contributed by atoms with Gasteiger partial charge in [-0.05, 0) is 59.9 Å². The number of cyclic esters (lactones) is 1. The summed E-state index contributed by atoms with van der Waals surface area (Å²) in [5.74, 6) is 3.07. The van der Waals surface area contributed by atoms with Crippen LogP contribution in [0.15, 0.2) is 48.5 Å². The van der Waals surface area contributed by atoms with Crippen LogP contribution >= 0.6 is 0 Å². The van der Waals surface area contributed by atoms with E-state index in [4.69, 9.17) is 28.4 Å². The predicted molar refractivity (Wildman–Crippen MR) is 138 cm³/mol. The lowest BCUT2D eigenvalue weighted by atomic mass is 9.84. The van der Waals surface area contributed by atoms with Gasteiger partial charge in [0.2, 0.25) is 0 Å². The molecule has 1 N–H and O–H groups in total. The number of benzene rings is 3. The Hall–Kier alpha value is -4.07. The molecule has 4 atom stereocenters. The Morgan fingerprint density at radius 2 is 1.68 bits per heavy atom. The van der Waals surface area contributed by atoms with E-state index in [0.29, 0.717) is 43.3 Å². The van der Waals surface area contributed by atoms with Crippen molar-refractivity contribution in [2.75, 3.05) is 34.5 Å². The monoisotopic (exact) mass is 518 g/mol. The van der Waals surface area contributed by atoms with Gasteiger partial charge in [0, 0.05) is 11.5 Å². The van der Waals surface area contributed by atoms with E-state index in [2.05, 4.69) is 0 Å². The largest absolute Gasteiger partial charge is 0.504 e. The topological polar surface area (TPSA) is 92.7 Å². The third-order valence-corrected chi connectivity index (χ3v) is 7.86. The zero-order valence-corrected chi connectivity index (χ0v) is 21.6. The minimum absolute atomic E-state index is 0.00298. The molecule has 1 saturated heterocycles. The van der Waals surface area contributed by atoms with Gasteiger partial charge in [0.1, 0.15) is 17.6 Å². The second-order valence-corrected chi connectivity index (χ2v) is 9.95. The van der Waals surface area contributed by atoms with Gasteiger partial charge in [0.05, 0.1) is 46.4 Å². The molecule has 38 heavy (non-hydrogen) atoms. The third kappa shape index (κ3) is 4.04. The lowest BCUT2D eigenvalue weighted by Gasteiger charge is -2.19. The number of phenols is 1. The number of rotatable bonds is 8. The lowest BCUT2D eigenvalue weighted by molar-refractivity contribution is -0.141. The molecule has 0 bridgehead atoms. The van der Waals surface area contributed by atoms with Gasteiger partial charge in [-0.25, -0.2) is 0 Å². The molecular formula is C30H30O8. The van der Waals surface area contributed by atoms with Gasteiger partial charge < -0.3 is 33.5 Å². The molecule has 0 saturated carbocycles. The number of aromatic hydroxyl groups is 1. The second kappa shape index (κ2) is 9.67. The van der Waals surface area contributed by atoms with Crippen LogP contribution in [0, 0.1) is 11.8 Å². The van der Waals surface area contributed by atoms with Crippen molar-refractivity contribution in [2.24, 2.45) is 11.8 Å². The minimum Gasteiger partial charge on any atom is -0.504 e. The Labute approximate surface area is 221 Å². The maximum absolute atomic E-state index is 12.7. The highest BCUT2D eigenvalue weighted by Gasteiger charge is 2.45. The molecule has 4 unspecified atom stereocenters. The zero-order chi connectivity index (χ0) is 26.4. The zero-order valence-electron chi connectivity index (χ0n) is 21.6. The molecule has 0 radical (unpaired) electrons. The molecule has 6 rings (SSSR count). The molecule has 0 amide bonds. The van der Waals surface area contributed by atoms with Crippen molar-refractivity contribution >= 4 is 5.97 Å². The number of hydrogen-bond acceptors (Lipinski definition) is 8. The van der Waals surface area contributed by atoms with Gasteiger partial charge >= 0.3 is 5.97 Å². The first kappa shape index (κ1) is 24.3. The van der Waals surface area contributed by atoms with Crippen molar-refractivity contribution in [1.29, 1.82) is 0 Å². The Kier molecular flexibility index (Phi) is 6.18. The van der Waals surface area contributed by atoms with E-state index >= 15 is 0 Å². The highest BCUT2D eigenvalue weighted by atomic mass is 16.5. The molecule has 3 aliphatic rings. The van der Waals surface area contributed by atoms with Crippen LogP contribution in [-0.2, 0) is 22.4 Å². The summed E-state index contributed by atoms with van der Waals surface area (Å²) in [6.45, 7) is 0.888. The van der Waals surface area contributed by atoms with E-state index in [-0.39, 0.29) is 35.6 Å². The molecule has 3 aliphatic heterocycles. The van der Waals surface area contributed by atoms with E-state index in [9.17, 15) is 9.90 Å². The number of esters is 1. The number of carbonyl (C=O) groups is 1. The van der Waals surface area contributed by atoms with Crippen LogP contribution in [0.2, 0.25) is 0 Å². The van der Waals surface area contributed by atoms with Crippen LogP contribution in [-0.4, -0.2) is 45.6 Å². The number of ether oxygens (including phenoxy) is 6. The van der Waals surface area contributed by atoms with E-state index in [1.165, 1.54) is 7.11 Å². The standard InChI is InChI=1S/C30H30O8/c1-33-23-8-5-18(13-26(23)35-3)28-21-15-36-29-17(6-9-24(38-28)27(21)29)12-19-14-37-30(32)20(19)10-16-4-7-22(31)25(11-16)34-2/h4-9,11,13,19-21,28,31H,10,12,14-15H2,1-3H3. The lowest BCUT2D eigenvalue weighted by Crippen LogP contribution is -2.21. The molecular weight excluding hydrogens is 488 g/mol. The fraction of sp³-hybridized carbons (Fsp3) is 0.367. The quantitative estimate of drug-likeness (QED) is 0.433. The molecule has 8 heteroatoms. The summed E-state index contributed by atoms with van der Waals surface area (Å²) in [5.41, 5.74) is 4.06. The van der Waals surface area contributed by atoms with Gasteiger partial charge in [-0.1, -0.05) is 18.2 Å². The third-order valence-electron chi connectivity index (χ3n) is 7.86. The van der Waals surface area contributed by atoms with Crippen molar-refractivity contribution in [3.8, 4) is 34.5 Å². The van der Waals surface area contributed by atoms with Crippen LogP contribution in [0.25, 0.3) is 0 Å². The van der Waals surface area contributed by atoms with Gasteiger partial charge in [-0.2, -0.15) is 0 Å². The fourth-order valence-corrected chi connectivity index (χ4v) is 5.90. The molecule has 0 spiro atoms. The Balaban J connectivity index is 1.23. The van der Waals surface area contributed by atoms with Crippen molar-refractivity contribution in [2.45, 2.75) is 24.9 Å². The van der Waals surface area contributed by atoms with Crippen LogP contribution in [0.3, 0.4) is 0 Å². The smallest absolute Gasteiger partial charge is 0.309 e. The average molecular weight is 519 g/mol. The molecule has 3 aromatic carbocycles. The number of hydrogen-bond donors (Lipinski definition) is 1. The summed E-state index contributed by atoms with van der Waals surface area (Å²) in [6, 6.07) is 15.1. The van der Waals surface area contributed by atoms with E-state index in [0.717, 1.165) is 33.8 Å². The van der Waals surface area contributed by atoms with Crippen LogP contribution < -0.4 is 23.7 Å². The van der Waals surface area contributed by atoms with E-state index < -0.39 is 0 Å². The van der Waals surface area contributed by atoms with E-state index in [1.807, 2.05) is 36.4 Å². The first-order valence-electron chi connectivity index (χ1n) is 12.7. The van der Waals surface area contributed by atoms with Crippen molar-refractivity contribution in [3.63, 3.8) is 0 Å². The van der Waals surface area contributed by atoms with Gasteiger partial charge in [-0.15, -0.1) is 0 Å². The van der Waals surface area contributed by atoms with Crippen molar-refractivity contribution < 1.29 is 38.3 Å². The first-order chi connectivity index (χ1) is 18.5. The van der Waals surface area contributed by atoms with Crippen LogP contribution in [0.1, 0.15) is 34.3 Å². The number of phenolic OH excluding ortho intramolecular Hbond substituents is 1. The fourth-order valence-electron chi connectivity index (χ4n) is 5.90. The van der Waals surface area contributed by atoms with Crippen LogP contribution in [0.5, 0.6) is 34.5 Å². The molecule has 3 heterocycles. The maximum Gasteiger partial charge on any atom is 0.309 e. The van der Waals surface area contributed by atoms with Crippen molar-refractivity contribution in [3.05, 3.63) is 70.8 Å². The summed E-state index contributed by atoms with van der Waals surface area (Å²) in [5, 5.41) is 9.92. The second-order valence-electron chi connectivity index (χ2n) is 9.95. The Bertz CT molecular complexity index is 1380. The van der Waals surface area contributed by atoms with Gasteiger partial charge in [0.15, 0.2) is 23.0 Å². The normalized spacial score (nSPS) is 22.9. The van der Waals surface area contributed by atoms with Crippen LogP contribution in [0.4, 0.5) is 0 Å². The Morgan fingerprint density at radius 3 is 2.47 bits per heavy atom. The first-order valence-corrected chi connectivity index (χ1v) is 12.7. The molecule has 0 aromatic heterocycles. The van der Waals surface area contributed by atoms with Crippen molar-refractivity contribution in [1.82, 2.24) is 0 Å². The molecule has 0 aliphatic carbocycles. The molecule has 198 valence electrons. The molecule has 3 aromatic rings. The minimum atomic E-state index is -0.294. The number of methoxy groups -OCH3 is 3. The van der Waals surface area contributed by atoms with Gasteiger partial charge in [0.25, 0.3) is 0 Å². The summed E-state index contributed by atoms with van der Waals surface area (Å²) in [7, 11) is 4.75. The summed E-state index contributed by atoms with van der Waals surface area (Å²) < 4.78 is 34.3. The molecule has 1 fully saturated rings. The van der Waals surface area contributed by atoms with E-state index in [1.54, 1.807) is 26.4 Å². The Morgan fingerprint density at radius 1 is 0.868 bits per heavy atom. The SMILES string of the molecule is COc1cc(CC2C(=O)OCC2Cc2ccc3c4c2OCC4C(c2ccc(OC)c(OC)c2)O3)ccc1O. The molecule has 8 nitrogen and oxygen atoms in total.